The van der Waals surface area contributed by atoms with Gasteiger partial charge in [0.2, 0.25) is 0 Å². The highest BCUT2D eigenvalue weighted by Crippen LogP contribution is 2.45. The van der Waals surface area contributed by atoms with E-state index in [4.69, 9.17) is 9.47 Å². The van der Waals surface area contributed by atoms with Crippen molar-refractivity contribution < 1.29 is 14.3 Å². The maximum atomic E-state index is 11.3. The van der Waals surface area contributed by atoms with Gasteiger partial charge in [-0.05, 0) is 58.4 Å². The Bertz CT molecular complexity index is 290. The molecule has 2 fully saturated rings. The van der Waals surface area contributed by atoms with Crippen LogP contribution in [0.3, 0.4) is 0 Å². The Balaban J connectivity index is 0.000000187. The minimum Gasteiger partial charge on any atom is -0.353 e. The van der Waals surface area contributed by atoms with Gasteiger partial charge in [0, 0.05) is 19.1 Å². The number of fused-ring (bicyclic) bond motifs is 2. The van der Waals surface area contributed by atoms with Gasteiger partial charge in [-0.1, -0.05) is 6.08 Å². The summed E-state index contributed by atoms with van der Waals surface area (Å²) >= 11 is 0. The normalized spacial score (nSPS) is 27.8. The smallest absolute Gasteiger partial charge is 0.161 e. The van der Waals surface area contributed by atoms with E-state index in [1.807, 2.05) is 33.8 Å². The van der Waals surface area contributed by atoms with E-state index in [0.29, 0.717) is 17.6 Å². The van der Waals surface area contributed by atoms with E-state index in [2.05, 4.69) is 0 Å². The zero-order valence-corrected chi connectivity index (χ0v) is 12.1. The molecule has 0 N–H and O–H groups in total. The highest BCUT2D eigenvalue weighted by molar-refractivity contribution is 6.00. The summed E-state index contributed by atoms with van der Waals surface area (Å²) in [5.41, 5.74) is 1.12. The molecule has 0 spiro atoms. The van der Waals surface area contributed by atoms with E-state index < -0.39 is 0 Å². The maximum absolute atomic E-state index is 11.3. The second kappa shape index (κ2) is 7.70. The molecule has 2 unspecified atom stereocenters. The SMILES string of the molecule is C/C=C1\C(=O)C2CCC1C2.CCOC(C)OCC. The van der Waals surface area contributed by atoms with Crippen molar-refractivity contribution in [2.24, 2.45) is 11.8 Å². The van der Waals surface area contributed by atoms with Crippen molar-refractivity contribution in [3.63, 3.8) is 0 Å². The second-order valence-corrected chi connectivity index (χ2v) is 4.79. The number of allylic oxidation sites excluding steroid dienone is 2. The molecule has 0 radical (unpaired) electrons. The van der Waals surface area contributed by atoms with Crippen LogP contribution in [0.4, 0.5) is 0 Å². The Morgan fingerprint density at radius 1 is 1.22 bits per heavy atom. The third-order valence-corrected chi connectivity index (χ3v) is 3.64. The summed E-state index contributed by atoms with van der Waals surface area (Å²) < 4.78 is 10.1. The quantitative estimate of drug-likeness (QED) is 0.570. The van der Waals surface area contributed by atoms with Gasteiger partial charge >= 0.3 is 0 Å². The summed E-state index contributed by atoms with van der Waals surface area (Å²) in [4.78, 5) is 11.3. The summed E-state index contributed by atoms with van der Waals surface area (Å²) in [7, 11) is 0. The van der Waals surface area contributed by atoms with Crippen molar-refractivity contribution in [2.45, 2.75) is 53.2 Å². The highest BCUT2D eigenvalue weighted by Gasteiger charge is 2.41. The van der Waals surface area contributed by atoms with Crippen molar-refractivity contribution in [1.29, 1.82) is 0 Å². The van der Waals surface area contributed by atoms with Gasteiger partial charge in [0.15, 0.2) is 12.1 Å². The van der Waals surface area contributed by atoms with Gasteiger partial charge in [-0.15, -0.1) is 0 Å². The van der Waals surface area contributed by atoms with Gasteiger partial charge in [0.1, 0.15) is 0 Å². The maximum Gasteiger partial charge on any atom is 0.161 e. The Kier molecular flexibility index (Phi) is 6.58. The summed E-state index contributed by atoms with van der Waals surface area (Å²) in [5, 5.41) is 0. The predicted molar refractivity (Wildman–Crippen MR) is 72.3 cm³/mol. The molecule has 0 amide bonds. The van der Waals surface area contributed by atoms with Crippen molar-refractivity contribution in [2.75, 3.05) is 13.2 Å². The third kappa shape index (κ3) is 3.92. The van der Waals surface area contributed by atoms with Crippen LogP contribution in [-0.2, 0) is 14.3 Å². The molecule has 0 saturated heterocycles. The summed E-state index contributed by atoms with van der Waals surface area (Å²) in [6, 6.07) is 0. The second-order valence-electron chi connectivity index (χ2n) is 4.79. The Morgan fingerprint density at radius 3 is 2.11 bits per heavy atom. The molecule has 18 heavy (non-hydrogen) atoms. The molecule has 3 heteroatoms. The topological polar surface area (TPSA) is 35.5 Å². The number of ether oxygens (including phenoxy) is 2. The molecule has 2 aliphatic carbocycles. The summed E-state index contributed by atoms with van der Waals surface area (Å²) in [6.07, 6.45) is 5.53. The lowest BCUT2D eigenvalue weighted by atomic mass is 9.94. The number of carbonyl (C=O) groups is 1. The molecular weight excluding hydrogens is 228 g/mol. The predicted octanol–water partition coefficient (Wildman–Crippen LogP) is 3.34. The van der Waals surface area contributed by atoms with E-state index in [9.17, 15) is 4.79 Å². The molecule has 3 nitrogen and oxygen atoms in total. The fourth-order valence-corrected chi connectivity index (χ4v) is 2.83. The molecule has 2 atom stereocenters. The monoisotopic (exact) mass is 254 g/mol. The van der Waals surface area contributed by atoms with Crippen molar-refractivity contribution in [1.82, 2.24) is 0 Å². The molecule has 0 aromatic rings. The number of hydrogen-bond acceptors (Lipinski definition) is 3. The average molecular weight is 254 g/mol. The molecule has 0 heterocycles. The van der Waals surface area contributed by atoms with Crippen molar-refractivity contribution in [3.05, 3.63) is 11.6 Å². The molecule has 0 aromatic carbocycles. The number of hydrogen-bond donors (Lipinski definition) is 0. The number of carbonyl (C=O) groups excluding carboxylic acids is 1. The molecular formula is C15H26O3. The largest absolute Gasteiger partial charge is 0.353 e. The summed E-state index contributed by atoms with van der Waals surface area (Å²) in [5.74, 6) is 1.50. The number of Topliss-reactive ketones (excluding diaryl/α,β-unsaturated/α-hetero) is 1. The lowest BCUT2D eigenvalue weighted by Crippen LogP contribution is -2.11. The first-order valence-corrected chi connectivity index (χ1v) is 7.07. The first kappa shape index (κ1) is 15.4. The summed E-state index contributed by atoms with van der Waals surface area (Å²) in [6.45, 7) is 9.23. The molecule has 2 aliphatic rings. The van der Waals surface area contributed by atoms with E-state index in [1.54, 1.807) is 0 Å². The minimum atomic E-state index is -0.0370. The van der Waals surface area contributed by atoms with E-state index >= 15 is 0 Å². The van der Waals surface area contributed by atoms with Crippen molar-refractivity contribution >= 4 is 5.78 Å². The Labute approximate surface area is 111 Å². The standard InChI is InChI=1S/C9H12O.C6H14O2/c1-2-8-6-3-4-7(5-6)9(8)10;1-4-7-6(3)8-5-2/h2,6-7H,3-5H2,1H3;6H,4-5H2,1-3H3/b8-2-;. The number of rotatable bonds is 4. The van der Waals surface area contributed by atoms with Crippen molar-refractivity contribution in [3.8, 4) is 0 Å². The third-order valence-electron chi connectivity index (χ3n) is 3.64. The molecule has 104 valence electrons. The van der Waals surface area contributed by atoms with Crippen LogP contribution >= 0.6 is 0 Å². The van der Waals surface area contributed by atoms with Crippen LogP contribution in [0.25, 0.3) is 0 Å². The lowest BCUT2D eigenvalue weighted by Gasteiger charge is -2.10. The van der Waals surface area contributed by atoms with E-state index in [1.165, 1.54) is 6.42 Å². The molecule has 2 saturated carbocycles. The van der Waals surface area contributed by atoms with Crippen LogP contribution in [-0.4, -0.2) is 25.3 Å². The zero-order chi connectivity index (χ0) is 13.5. The lowest BCUT2D eigenvalue weighted by molar-refractivity contribution is -0.123. The van der Waals surface area contributed by atoms with Gasteiger partial charge in [-0.3, -0.25) is 4.79 Å². The molecule has 2 rings (SSSR count). The van der Waals surface area contributed by atoms with E-state index in [0.717, 1.165) is 31.6 Å². The average Bonchev–Trinajstić information content (AvgIpc) is 2.91. The van der Waals surface area contributed by atoms with Gasteiger partial charge in [0.05, 0.1) is 0 Å². The van der Waals surface area contributed by atoms with Gasteiger partial charge in [-0.2, -0.15) is 0 Å². The minimum absolute atomic E-state index is 0.0370. The van der Waals surface area contributed by atoms with Gasteiger partial charge in [-0.25, -0.2) is 0 Å². The van der Waals surface area contributed by atoms with Crippen LogP contribution in [0.2, 0.25) is 0 Å². The van der Waals surface area contributed by atoms with Gasteiger partial charge in [0.25, 0.3) is 0 Å². The number of ketones is 1. The fraction of sp³-hybridized carbons (Fsp3) is 0.800. The molecule has 2 bridgehead atoms. The first-order valence-electron chi connectivity index (χ1n) is 7.07. The molecule has 0 aliphatic heterocycles. The fourth-order valence-electron chi connectivity index (χ4n) is 2.83. The van der Waals surface area contributed by atoms with Gasteiger partial charge < -0.3 is 9.47 Å². The van der Waals surface area contributed by atoms with Crippen LogP contribution in [0, 0.1) is 11.8 Å². The van der Waals surface area contributed by atoms with E-state index in [-0.39, 0.29) is 6.29 Å². The van der Waals surface area contributed by atoms with Crippen LogP contribution in [0.1, 0.15) is 47.0 Å². The Hall–Kier alpha value is -0.670. The van der Waals surface area contributed by atoms with Crippen LogP contribution in [0.15, 0.2) is 11.6 Å². The van der Waals surface area contributed by atoms with Crippen LogP contribution in [0.5, 0.6) is 0 Å². The van der Waals surface area contributed by atoms with Crippen LogP contribution < -0.4 is 0 Å². The Morgan fingerprint density at radius 2 is 1.78 bits per heavy atom. The highest BCUT2D eigenvalue weighted by atomic mass is 16.7. The molecule has 0 aromatic heterocycles. The first-order chi connectivity index (χ1) is 8.63. The zero-order valence-electron chi connectivity index (χ0n) is 12.1.